The Labute approximate surface area is 130 Å². The minimum Gasteiger partial charge on any atom is -0.409 e. The average molecular weight is 346 g/mol. The number of thiophene rings is 1. The summed E-state index contributed by atoms with van der Waals surface area (Å²) in [6.45, 7) is 1.74. The van der Waals surface area contributed by atoms with E-state index in [0.29, 0.717) is 21.2 Å². The molecule has 0 fully saturated rings. The first-order chi connectivity index (χ1) is 9.83. The number of anilines is 1. The second-order valence-electron chi connectivity index (χ2n) is 4.19. The summed E-state index contributed by atoms with van der Waals surface area (Å²) < 4.78 is 27.4. The molecule has 0 amide bonds. The normalized spacial score (nSPS) is 12.4. The van der Waals surface area contributed by atoms with Crippen LogP contribution in [0.5, 0.6) is 0 Å². The first-order valence-electron chi connectivity index (χ1n) is 5.70. The molecule has 6 nitrogen and oxygen atoms in total. The van der Waals surface area contributed by atoms with Crippen molar-refractivity contribution in [2.24, 2.45) is 10.9 Å². The molecular weight excluding hydrogens is 334 g/mol. The topological polar surface area (TPSA) is 105 Å². The predicted molar refractivity (Wildman–Crippen MR) is 83.8 cm³/mol. The van der Waals surface area contributed by atoms with Gasteiger partial charge in [-0.05, 0) is 42.8 Å². The van der Waals surface area contributed by atoms with Gasteiger partial charge in [0.1, 0.15) is 4.21 Å². The van der Waals surface area contributed by atoms with Gasteiger partial charge in [0.2, 0.25) is 0 Å². The van der Waals surface area contributed by atoms with Crippen molar-refractivity contribution in [2.45, 2.75) is 11.1 Å². The molecule has 1 aromatic carbocycles. The molecule has 2 rings (SSSR count). The molecule has 0 spiro atoms. The number of amidine groups is 1. The van der Waals surface area contributed by atoms with Gasteiger partial charge in [-0.15, -0.1) is 11.3 Å². The van der Waals surface area contributed by atoms with Crippen LogP contribution in [0.4, 0.5) is 5.69 Å². The Kier molecular flexibility index (Phi) is 4.40. The summed E-state index contributed by atoms with van der Waals surface area (Å²) in [6, 6.07) is 7.64. The Bertz CT molecular complexity index is 763. The summed E-state index contributed by atoms with van der Waals surface area (Å²) >= 11 is 6.88. The molecule has 0 saturated carbocycles. The van der Waals surface area contributed by atoms with Crippen molar-refractivity contribution >= 4 is 44.5 Å². The molecule has 2 aromatic rings. The van der Waals surface area contributed by atoms with E-state index in [9.17, 15) is 8.42 Å². The lowest BCUT2D eigenvalue weighted by Gasteiger charge is -2.06. The minimum absolute atomic E-state index is 0.0509. The van der Waals surface area contributed by atoms with E-state index in [1.807, 2.05) is 0 Å². The number of aryl methyl sites for hydroxylation is 1. The van der Waals surface area contributed by atoms with Crippen molar-refractivity contribution < 1.29 is 13.6 Å². The van der Waals surface area contributed by atoms with Gasteiger partial charge in [-0.25, -0.2) is 8.42 Å². The Morgan fingerprint density at radius 2 is 2.00 bits per heavy atom. The second-order valence-corrected chi connectivity index (χ2v) is 7.75. The quantitative estimate of drug-likeness (QED) is 0.343. The Morgan fingerprint density at radius 1 is 1.38 bits per heavy atom. The van der Waals surface area contributed by atoms with Gasteiger partial charge in [-0.1, -0.05) is 16.8 Å². The number of hydrogen-bond acceptors (Lipinski definition) is 5. The van der Waals surface area contributed by atoms with Gasteiger partial charge in [-0.3, -0.25) is 4.72 Å². The van der Waals surface area contributed by atoms with Crippen LogP contribution in [0.2, 0.25) is 4.34 Å². The van der Waals surface area contributed by atoms with Crippen LogP contribution in [0.1, 0.15) is 11.1 Å². The zero-order chi connectivity index (χ0) is 15.6. The van der Waals surface area contributed by atoms with Crippen LogP contribution < -0.4 is 10.5 Å². The van der Waals surface area contributed by atoms with E-state index in [1.54, 1.807) is 19.1 Å². The fourth-order valence-corrected chi connectivity index (χ4v) is 4.30. The van der Waals surface area contributed by atoms with Gasteiger partial charge in [0.05, 0.1) is 4.34 Å². The van der Waals surface area contributed by atoms with Crippen LogP contribution in [-0.4, -0.2) is 19.5 Å². The third-order valence-electron chi connectivity index (χ3n) is 2.64. The van der Waals surface area contributed by atoms with Crippen LogP contribution in [0.25, 0.3) is 0 Å². The number of oxime groups is 1. The van der Waals surface area contributed by atoms with E-state index < -0.39 is 10.0 Å². The number of benzene rings is 1. The highest BCUT2D eigenvalue weighted by atomic mass is 35.5. The molecule has 0 aliphatic carbocycles. The van der Waals surface area contributed by atoms with E-state index in [4.69, 9.17) is 22.5 Å². The second kappa shape index (κ2) is 5.92. The molecule has 1 aromatic heterocycles. The maximum atomic E-state index is 12.2. The predicted octanol–water partition coefficient (Wildman–Crippen LogP) is 2.61. The van der Waals surface area contributed by atoms with Gasteiger partial charge >= 0.3 is 0 Å². The van der Waals surface area contributed by atoms with E-state index in [1.165, 1.54) is 18.2 Å². The van der Waals surface area contributed by atoms with E-state index in [0.717, 1.165) is 11.3 Å². The van der Waals surface area contributed by atoms with E-state index in [-0.39, 0.29) is 10.0 Å². The van der Waals surface area contributed by atoms with Crippen molar-refractivity contribution in [3.8, 4) is 0 Å². The molecule has 0 unspecified atom stereocenters. The maximum Gasteiger partial charge on any atom is 0.271 e. The lowest BCUT2D eigenvalue weighted by Crippen LogP contribution is -2.14. The van der Waals surface area contributed by atoms with Crippen LogP contribution in [0.3, 0.4) is 0 Å². The maximum absolute atomic E-state index is 12.2. The zero-order valence-corrected chi connectivity index (χ0v) is 13.3. The molecular formula is C12H12ClN3O3S2. The molecule has 21 heavy (non-hydrogen) atoms. The highest BCUT2D eigenvalue weighted by molar-refractivity contribution is 7.94. The molecule has 4 N–H and O–H groups in total. The summed E-state index contributed by atoms with van der Waals surface area (Å²) in [5, 5.41) is 11.4. The number of nitrogens with two attached hydrogens (primary N) is 1. The number of nitrogens with one attached hydrogen (secondary N) is 1. The first kappa shape index (κ1) is 15.6. The van der Waals surface area contributed by atoms with Gasteiger partial charge in [0.15, 0.2) is 5.84 Å². The van der Waals surface area contributed by atoms with Gasteiger partial charge in [0, 0.05) is 11.3 Å². The number of rotatable bonds is 4. The minimum atomic E-state index is -3.68. The van der Waals surface area contributed by atoms with Crippen molar-refractivity contribution in [3.63, 3.8) is 0 Å². The molecule has 0 atom stereocenters. The Balaban J connectivity index is 2.25. The number of hydrogen-bond donors (Lipinski definition) is 3. The van der Waals surface area contributed by atoms with Crippen LogP contribution in [0.15, 0.2) is 39.7 Å². The van der Waals surface area contributed by atoms with Crippen molar-refractivity contribution in [3.05, 3.63) is 45.8 Å². The summed E-state index contributed by atoms with van der Waals surface area (Å²) in [6.07, 6.45) is 0. The lowest BCUT2D eigenvalue weighted by molar-refractivity contribution is 0.318. The third-order valence-corrected chi connectivity index (χ3v) is 6.05. The zero-order valence-electron chi connectivity index (χ0n) is 10.9. The summed E-state index contributed by atoms with van der Waals surface area (Å²) in [4.78, 5) is 0. The summed E-state index contributed by atoms with van der Waals surface area (Å²) in [5.41, 5.74) is 6.99. The van der Waals surface area contributed by atoms with Crippen LogP contribution >= 0.6 is 22.9 Å². The number of nitrogens with zero attached hydrogens (tertiary/aromatic N) is 1. The number of halogens is 1. The monoisotopic (exact) mass is 345 g/mol. The molecule has 0 bridgehead atoms. The smallest absolute Gasteiger partial charge is 0.271 e. The molecule has 0 aliphatic heterocycles. The van der Waals surface area contributed by atoms with E-state index in [2.05, 4.69) is 9.88 Å². The summed E-state index contributed by atoms with van der Waals surface area (Å²) in [5.74, 6) is -0.0509. The average Bonchev–Trinajstić information content (AvgIpc) is 2.79. The lowest BCUT2D eigenvalue weighted by atomic mass is 10.2. The molecule has 112 valence electrons. The Hall–Kier alpha value is -1.77. The molecule has 0 saturated heterocycles. The van der Waals surface area contributed by atoms with Gasteiger partial charge < -0.3 is 10.9 Å². The molecule has 1 heterocycles. The van der Waals surface area contributed by atoms with Crippen LogP contribution in [-0.2, 0) is 10.0 Å². The van der Waals surface area contributed by atoms with Gasteiger partial charge in [-0.2, -0.15) is 0 Å². The first-order valence-corrected chi connectivity index (χ1v) is 8.38. The highest BCUT2D eigenvalue weighted by Crippen LogP contribution is 2.31. The largest absolute Gasteiger partial charge is 0.409 e. The molecule has 0 aliphatic rings. The fourth-order valence-electron chi connectivity index (χ4n) is 1.54. The van der Waals surface area contributed by atoms with Gasteiger partial charge in [0.25, 0.3) is 10.0 Å². The SMILES string of the molecule is Cc1cc(S(=O)(=O)Nc2ccc(/C(N)=N/O)cc2)sc1Cl. The standard InChI is InChI=1S/C12H12ClN3O3S2/c1-7-6-10(20-11(7)13)21(18,19)16-9-4-2-8(3-5-9)12(14)15-17/h2-6,16-17H,1H3,(H2,14,15). The highest BCUT2D eigenvalue weighted by Gasteiger charge is 2.18. The summed E-state index contributed by atoms with van der Waals surface area (Å²) in [7, 11) is -3.68. The molecule has 9 heteroatoms. The van der Waals surface area contributed by atoms with Crippen molar-refractivity contribution in [1.82, 2.24) is 0 Å². The Morgan fingerprint density at radius 3 is 2.48 bits per heavy atom. The third kappa shape index (κ3) is 3.46. The van der Waals surface area contributed by atoms with Crippen LogP contribution in [0, 0.1) is 6.92 Å². The van der Waals surface area contributed by atoms with E-state index >= 15 is 0 Å². The number of sulfonamides is 1. The fraction of sp³-hybridized carbons (Fsp3) is 0.0833. The molecule has 0 radical (unpaired) electrons. The van der Waals surface area contributed by atoms with Crippen molar-refractivity contribution in [2.75, 3.05) is 4.72 Å². The van der Waals surface area contributed by atoms with Crippen molar-refractivity contribution in [1.29, 1.82) is 0 Å².